The highest BCUT2D eigenvalue weighted by atomic mass is 35.5. The van der Waals surface area contributed by atoms with E-state index in [-0.39, 0.29) is 11.3 Å². The van der Waals surface area contributed by atoms with Gasteiger partial charge in [-0.15, -0.1) is 0 Å². The second-order valence-corrected chi connectivity index (χ2v) is 3.48. The summed E-state index contributed by atoms with van der Waals surface area (Å²) in [5.41, 5.74) is 0.215. The number of carbonyl (C=O) groups is 1. The summed E-state index contributed by atoms with van der Waals surface area (Å²) in [6, 6.07) is 5.96. The zero-order chi connectivity index (χ0) is 11.3. The molecule has 0 radical (unpaired) electrons. The van der Waals surface area contributed by atoms with Gasteiger partial charge in [-0.2, -0.15) is 0 Å². The van der Waals surface area contributed by atoms with Gasteiger partial charge in [0.05, 0.1) is 5.56 Å². The topological polar surface area (TPSA) is 44.8 Å². The lowest BCUT2D eigenvalue weighted by molar-refractivity contribution is -0.0919. The van der Waals surface area contributed by atoms with Crippen LogP contribution in [0.2, 0.25) is 0 Å². The van der Waals surface area contributed by atoms with Gasteiger partial charge in [0.2, 0.25) is 0 Å². The lowest BCUT2D eigenvalue weighted by Crippen LogP contribution is -2.08. The fourth-order valence-corrected chi connectivity index (χ4v) is 1.09. The smallest absolute Gasteiger partial charge is 0.340 e. The molecule has 4 nitrogen and oxygen atoms in total. The van der Waals surface area contributed by atoms with E-state index in [0.717, 1.165) is 0 Å². The maximum atomic E-state index is 11.3. The fraction of sp³-hybridized carbons (Fsp3) is 0.125. The molecule has 1 aromatic rings. The van der Waals surface area contributed by atoms with Gasteiger partial charge in [0.1, 0.15) is 11.9 Å². The summed E-state index contributed by atoms with van der Waals surface area (Å²) >= 11 is 15.4. The lowest BCUT2D eigenvalue weighted by atomic mass is 10.2. The van der Waals surface area contributed by atoms with Crippen LogP contribution in [0.1, 0.15) is 10.4 Å². The Morgan fingerprint density at radius 1 is 1.33 bits per heavy atom. The number of hydrogen-bond donors (Lipinski definition) is 0. The molecule has 0 unspecified atom stereocenters. The number of halogens is 3. The third-order valence-electron chi connectivity index (χ3n) is 1.39. The summed E-state index contributed by atoms with van der Waals surface area (Å²) in [5.74, 6) is -0.426. The zero-order valence-electron chi connectivity index (χ0n) is 7.15. The average Bonchev–Trinajstić information content (AvgIpc) is 2.17. The first-order valence-electron chi connectivity index (χ1n) is 3.68. The molecule has 7 heteroatoms. The van der Waals surface area contributed by atoms with E-state index in [1.165, 1.54) is 18.2 Å². The standard InChI is InChI=1S/C8H5Cl3O4/c9-8(10)13-7(12)5-2-1-3-6(4-5)14-15-11/h1-4,8H. The van der Waals surface area contributed by atoms with Crippen LogP contribution in [-0.4, -0.2) is 11.0 Å². The van der Waals surface area contributed by atoms with Gasteiger partial charge in [0.15, 0.2) is 5.75 Å². The maximum Gasteiger partial charge on any atom is 0.340 e. The summed E-state index contributed by atoms with van der Waals surface area (Å²) in [7, 11) is 0. The van der Waals surface area contributed by atoms with Gasteiger partial charge in [0.25, 0.3) is 5.02 Å². The van der Waals surface area contributed by atoms with Crippen LogP contribution in [0.4, 0.5) is 0 Å². The van der Waals surface area contributed by atoms with E-state index in [1.54, 1.807) is 6.07 Å². The largest absolute Gasteiger partial charge is 0.428 e. The van der Waals surface area contributed by atoms with Gasteiger partial charge in [-0.3, -0.25) is 0 Å². The Balaban J connectivity index is 2.76. The van der Waals surface area contributed by atoms with Gasteiger partial charge in [-0.05, 0) is 18.2 Å². The van der Waals surface area contributed by atoms with Crippen LogP contribution in [0.25, 0.3) is 0 Å². The molecule has 0 aromatic heterocycles. The highest BCUT2D eigenvalue weighted by Gasteiger charge is 2.11. The van der Waals surface area contributed by atoms with Gasteiger partial charge in [-0.1, -0.05) is 33.7 Å². The molecule has 0 saturated carbocycles. The predicted molar refractivity (Wildman–Crippen MR) is 54.9 cm³/mol. The Kier molecular flexibility index (Phi) is 4.98. The van der Waals surface area contributed by atoms with Gasteiger partial charge < -0.3 is 9.62 Å². The first-order chi connectivity index (χ1) is 7.13. The van der Waals surface area contributed by atoms with Crippen molar-refractivity contribution in [1.82, 2.24) is 0 Å². The molecule has 0 spiro atoms. The van der Waals surface area contributed by atoms with E-state index >= 15 is 0 Å². The molecule has 0 saturated heterocycles. The molecule has 1 rings (SSSR count). The molecule has 82 valence electrons. The van der Waals surface area contributed by atoms with E-state index in [4.69, 9.17) is 35.1 Å². The van der Waals surface area contributed by atoms with Crippen molar-refractivity contribution in [3.8, 4) is 5.75 Å². The van der Waals surface area contributed by atoms with Crippen LogP contribution in [0.5, 0.6) is 5.75 Å². The number of benzene rings is 1. The van der Waals surface area contributed by atoms with Crippen LogP contribution < -0.4 is 4.89 Å². The van der Waals surface area contributed by atoms with Crippen LogP contribution in [0.3, 0.4) is 0 Å². The molecular formula is C8H5Cl3O4. The van der Waals surface area contributed by atoms with Gasteiger partial charge in [0, 0.05) is 0 Å². The SMILES string of the molecule is O=C(OC(Cl)Cl)c1cccc(OOCl)c1. The number of hydrogen-bond acceptors (Lipinski definition) is 4. The molecule has 0 N–H and O–H groups in total. The van der Waals surface area contributed by atoms with E-state index in [0.29, 0.717) is 0 Å². The first-order valence-corrected chi connectivity index (χ1v) is 4.86. The Bertz CT molecular complexity index is 342. The molecule has 0 bridgehead atoms. The van der Waals surface area contributed by atoms with E-state index < -0.39 is 11.0 Å². The summed E-state index contributed by atoms with van der Waals surface area (Å²) in [6.07, 6.45) is 0. The highest BCUT2D eigenvalue weighted by Crippen LogP contribution is 2.16. The second kappa shape index (κ2) is 6.02. The quantitative estimate of drug-likeness (QED) is 0.365. The van der Waals surface area contributed by atoms with Crippen molar-refractivity contribution in [3.63, 3.8) is 0 Å². The molecular weight excluding hydrogens is 266 g/mol. The third kappa shape index (κ3) is 4.13. The Hall–Kier alpha value is -0.680. The van der Waals surface area contributed by atoms with Crippen molar-refractivity contribution >= 4 is 41.0 Å². The number of rotatable bonds is 4. The van der Waals surface area contributed by atoms with Crippen molar-refractivity contribution in [3.05, 3.63) is 29.8 Å². The molecule has 0 amide bonds. The minimum atomic E-state index is -1.22. The van der Waals surface area contributed by atoms with Gasteiger partial charge >= 0.3 is 5.97 Å². The fourth-order valence-electron chi connectivity index (χ4n) is 0.860. The van der Waals surface area contributed by atoms with Crippen LogP contribution in [0, 0.1) is 0 Å². The molecule has 15 heavy (non-hydrogen) atoms. The average molecular weight is 271 g/mol. The minimum Gasteiger partial charge on any atom is -0.428 e. The summed E-state index contributed by atoms with van der Waals surface area (Å²) in [6.45, 7) is 0. The number of carbonyl (C=O) groups excluding carboxylic acids is 1. The Morgan fingerprint density at radius 2 is 2.07 bits per heavy atom. The van der Waals surface area contributed by atoms with Crippen molar-refractivity contribution < 1.29 is 18.9 Å². The van der Waals surface area contributed by atoms with Crippen LogP contribution in [-0.2, 0) is 9.18 Å². The normalized spacial score (nSPS) is 10.1. The third-order valence-corrected chi connectivity index (χ3v) is 1.63. The van der Waals surface area contributed by atoms with Crippen LogP contribution in [0.15, 0.2) is 24.3 Å². The summed E-state index contributed by atoms with van der Waals surface area (Å²) in [5, 5.41) is -1.22. The molecule has 0 fully saturated rings. The molecule has 0 aliphatic rings. The van der Waals surface area contributed by atoms with E-state index in [1.807, 2.05) is 0 Å². The number of ether oxygens (including phenoxy) is 1. The van der Waals surface area contributed by atoms with Crippen LogP contribution >= 0.6 is 35.1 Å². The zero-order valence-corrected chi connectivity index (χ0v) is 9.42. The predicted octanol–water partition coefficient (Wildman–Crippen LogP) is 3.07. The molecule has 0 atom stereocenters. The molecule has 1 aromatic carbocycles. The first kappa shape index (κ1) is 12.4. The minimum absolute atomic E-state index is 0.215. The van der Waals surface area contributed by atoms with E-state index in [9.17, 15) is 4.79 Å². The van der Waals surface area contributed by atoms with Crippen molar-refractivity contribution in [2.24, 2.45) is 0 Å². The molecule has 0 aliphatic carbocycles. The summed E-state index contributed by atoms with van der Waals surface area (Å²) in [4.78, 5) is 15.8. The highest BCUT2D eigenvalue weighted by molar-refractivity contribution is 6.43. The molecule has 0 aliphatic heterocycles. The Labute approximate surface area is 101 Å². The number of alkyl halides is 2. The Morgan fingerprint density at radius 3 is 2.67 bits per heavy atom. The van der Waals surface area contributed by atoms with Crippen molar-refractivity contribution in [2.45, 2.75) is 5.02 Å². The maximum absolute atomic E-state index is 11.3. The number of esters is 1. The monoisotopic (exact) mass is 270 g/mol. The van der Waals surface area contributed by atoms with Crippen molar-refractivity contribution in [1.29, 1.82) is 0 Å². The summed E-state index contributed by atoms with van der Waals surface area (Å²) < 4.78 is 8.44. The molecule has 0 heterocycles. The second-order valence-electron chi connectivity index (χ2n) is 2.34. The van der Waals surface area contributed by atoms with Crippen molar-refractivity contribution in [2.75, 3.05) is 0 Å². The van der Waals surface area contributed by atoms with E-state index in [2.05, 4.69) is 14.1 Å². The lowest BCUT2D eigenvalue weighted by Gasteiger charge is -2.05. The van der Waals surface area contributed by atoms with Gasteiger partial charge in [-0.25, -0.2) is 4.79 Å².